The summed E-state index contributed by atoms with van der Waals surface area (Å²) in [7, 11) is 0. The zero-order chi connectivity index (χ0) is 20.4. The molecule has 11 nitrogen and oxygen atoms in total. The lowest BCUT2D eigenvalue weighted by molar-refractivity contribution is -0.148. The molecule has 0 saturated carbocycles. The van der Waals surface area contributed by atoms with Crippen LogP contribution in [0.2, 0.25) is 0 Å². The van der Waals surface area contributed by atoms with Crippen LogP contribution in [0, 0.1) is 11.8 Å². The molecule has 11 heteroatoms. The van der Waals surface area contributed by atoms with Crippen molar-refractivity contribution in [2.45, 2.75) is 38.3 Å². The van der Waals surface area contributed by atoms with Gasteiger partial charge in [0, 0.05) is 19.3 Å². The Kier molecular flexibility index (Phi) is 10.3. The molecule has 0 aliphatic heterocycles. The zero-order valence-electron chi connectivity index (χ0n) is 14.4. The predicted molar refractivity (Wildman–Crippen MR) is 87.4 cm³/mol. The maximum Gasteiger partial charge on any atom is 0.309 e. The normalized spacial score (nSPS) is 15.4. The van der Waals surface area contributed by atoms with Gasteiger partial charge in [-0.25, -0.2) is 0 Å². The fraction of sp³-hybridized carbons (Fsp3) is 0.667. The SMILES string of the molecule is CC(O)[C@H](CC(=O)C[C@H](CC(N)=O)C(=O)NCC(=O)[C@@H](N)CO)C(=O)O. The third kappa shape index (κ3) is 8.65. The number of hydrogen-bond donors (Lipinski definition) is 6. The van der Waals surface area contributed by atoms with Crippen LogP contribution in [0.25, 0.3) is 0 Å². The van der Waals surface area contributed by atoms with E-state index in [2.05, 4.69) is 5.32 Å². The average molecular weight is 375 g/mol. The smallest absolute Gasteiger partial charge is 0.309 e. The minimum Gasteiger partial charge on any atom is -0.481 e. The minimum absolute atomic E-state index is 0.481. The molecule has 0 spiro atoms. The average Bonchev–Trinajstić information content (AvgIpc) is 2.54. The summed E-state index contributed by atoms with van der Waals surface area (Å²) in [6.45, 7) is 0.110. The van der Waals surface area contributed by atoms with E-state index in [0.717, 1.165) is 0 Å². The Morgan fingerprint density at radius 3 is 2.08 bits per heavy atom. The van der Waals surface area contributed by atoms with Crippen LogP contribution >= 0.6 is 0 Å². The van der Waals surface area contributed by atoms with Crippen molar-refractivity contribution in [1.82, 2.24) is 5.32 Å². The summed E-state index contributed by atoms with van der Waals surface area (Å²) >= 11 is 0. The number of Topliss-reactive ketones (excluding diaryl/α,β-unsaturated/α-hetero) is 2. The second kappa shape index (κ2) is 11.3. The van der Waals surface area contributed by atoms with Gasteiger partial charge in [-0.15, -0.1) is 0 Å². The zero-order valence-corrected chi connectivity index (χ0v) is 14.4. The number of ketones is 2. The van der Waals surface area contributed by atoms with E-state index in [1.165, 1.54) is 6.92 Å². The Morgan fingerprint density at radius 1 is 1.08 bits per heavy atom. The van der Waals surface area contributed by atoms with Gasteiger partial charge in [0.1, 0.15) is 5.78 Å². The number of carbonyl (C=O) groups excluding carboxylic acids is 4. The van der Waals surface area contributed by atoms with Crippen LogP contribution in [0.5, 0.6) is 0 Å². The van der Waals surface area contributed by atoms with E-state index in [1.54, 1.807) is 0 Å². The highest BCUT2D eigenvalue weighted by Crippen LogP contribution is 2.16. The molecule has 2 amide bonds. The van der Waals surface area contributed by atoms with Gasteiger partial charge in [0.2, 0.25) is 11.8 Å². The van der Waals surface area contributed by atoms with Gasteiger partial charge < -0.3 is 32.1 Å². The van der Waals surface area contributed by atoms with Gasteiger partial charge in [-0.05, 0) is 6.92 Å². The monoisotopic (exact) mass is 375 g/mol. The fourth-order valence-corrected chi connectivity index (χ4v) is 2.12. The second-order valence-corrected chi connectivity index (χ2v) is 5.97. The number of amides is 2. The number of aliphatic hydroxyl groups is 2. The highest BCUT2D eigenvalue weighted by Gasteiger charge is 2.30. The van der Waals surface area contributed by atoms with E-state index in [4.69, 9.17) is 21.7 Å². The Hall–Kier alpha value is -2.37. The highest BCUT2D eigenvalue weighted by atomic mass is 16.4. The molecule has 0 heterocycles. The molecule has 0 aliphatic rings. The fourth-order valence-electron chi connectivity index (χ4n) is 2.12. The van der Waals surface area contributed by atoms with Crippen molar-refractivity contribution in [2.24, 2.45) is 23.3 Å². The number of carboxylic acid groups (broad SMARTS) is 1. The van der Waals surface area contributed by atoms with Crippen molar-refractivity contribution in [3.8, 4) is 0 Å². The summed E-state index contributed by atoms with van der Waals surface area (Å²) < 4.78 is 0. The first-order valence-corrected chi connectivity index (χ1v) is 7.87. The molecule has 0 saturated heterocycles. The summed E-state index contributed by atoms with van der Waals surface area (Å²) in [6, 6.07) is -1.17. The van der Waals surface area contributed by atoms with Crippen molar-refractivity contribution in [1.29, 1.82) is 0 Å². The van der Waals surface area contributed by atoms with Gasteiger partial charge in [0.15, 0.2) is 5.78 Å². The first-order valence-electron chi connectivity index (χ1n) is 7.87. The van der Waals surface area contributed by atoms with Crippen LogP contribution in [0.4, 0.5) is 0 Å². The molecule has 0 radical (unpaired) electrons. The van der Waals surface area contributed by atoms with E-state index in [0.29, 0.717) is 0 Å². The van der Waals surface area contributed by atoms with Crippen molar-refractivity contribution < 1.29 is 39.3 Å². The van der Waals surface area contributed by atoms with Gasteiger partial charge in [0.05, 0.1) is 37.1 Å². The maximum atomic E-state index is 12.1. The van der Waals surface area contributed by atoms with E-state index in [-0.39, 0.29) is 0 Å². The van der Waals surface area contributed by atoms with Crippen LogP contribution in [0.15, 0.2) is 0 Å². The maximum absolute atomic E-state index is 12.1. The number of aliphatic hydroxyl groups excluding tert-OH is 2. The summed E-state index contributed by atoms with van der Waals surface area (Å²) in [5.74, 6) is -6.87. The molecule has 26 heavy (non-hydrogen) atoms. The predicted octanol–water partition coefficient (Wildman–Crippen LogP) is -3.09. The van der Waals surface area contributed by atoms with Crippen molar-refractivity contribution in [2.75, 3.05) is 13.2 Å². The standard InChI is InChI=1S/C15H25N3O8/c1-7(20)10(15(25)26)4-9(21)2-8(3-13(17)23)14(24)18-5-12(22)11(16)6-19/h7-8,10-11,19-20H,2-6,16H2,1H3,(H2,17,23)(H,18,24)(H,25,26)/t7?,8-,10+,11+/m1/s1. The number of primary amides is 1. The Bertz CT molecular complexity index is 549. The van der Waals surface area contributed by atoms with Crippen LogP contribution in [0.1, 0.15) is 26.2 Å². The molecule has 0 aromatic rings. The quantitative estimate of drug-likeness (QED) is 0.192. The molecule has 0 aromatic heterocycles. The first kappa shape index (κ1) is 23.6. The van der Waals surface area contributed by atoms with E-state index < -0.39 is 85.7 Å². The molecule has 0 aliphatic carbocycles. The summed E-state index contributed by atoms with van der Waals surface area (Å²) in [5, 5.41) is 29.3. The Morgan fingerprint density at radius 2 is 1.65 bits per heavy atom. The van der Waals surface area contributed by atoms with Gasteiger partial charge in [0.25, 0.3) is 0 Å². The first-order chi connectivity index (χ1) is 12.0. The molecule has 1 unspecified atom stereocenters. The number of carboxylic acids is 1. The Labute approximate surface area is 149 Å². The molecular formula is C15H25N3O8. The van der Waals surface area contributed by atoms with Gasteiger partial charge in [-0.3, -0.25) is 24.0 Å². The van der Waals surface area contributed by atoms with Crippen LogP contribution < -0.4 is 16.8 Å². The van der Waals surface area contributed by atoms with E-state index in [9.17, 15) is 29.1 Å². The molecular weight excluding hydrogens is 350 g/mol. The highest BCUT2D eigenvalue weighted by molar-refractivity contribution is 5.94. The molecule has 8 N–H and O–H groups in total. The van der Waals surface area contributed by atoms with E-state index in [1.807, 2.05) is 0 Å². The van der Waals surface area contributed by atoms with Crippen LogP contribution in [-0.2, 0) is 24.0 Å². The number of hydrogen-bond acceptors (Lipinski definition) is 8. The minimum atomic E-state index is -1.37. The largest absolute Gasteiger partial charge is 0.481 e. The third-order valence-corrected chi connectivity index (χ3v) is 3.69. The van der Waals surface area contributed by atoms with Crippen LogP contribution in [-0.4, -0.2) is 70.0 Å². The van der Waals surface area contributed by atoms with Gasteiger partial charge in [-0.2, -0.15) is 0 Å². The van der Waals surface area contributed by atoms with Gasteiger partial charge in [-0.1, -0.05) is 0 Å². The summed E-state index contributed by atoms with van der Waals surface area (Å²) in [5.41, 5.74) is 10.3. The van der Waals surface area contributed by atoms with Crippen molar-refractivity contribution in [3.05, 3.63) is 0 Å². The lowest BCUT2D eigenvalue weighted by Gasteiger charge is -2.18. The second-order valence-electron chi connectivity index (χ2n) is 5.97. The van der Waals surface area contributed by atoms with Crippen molar-refractivity contribution >= 4 is 29.4 Å². The van der Waals surface area contributed by atoms with E-state index >= 15 is 0 Å². The van der Waals surface area contributed by atoms with Crippen molar-refractivity contribution in [3.63, 3.8) is 0 Å². The summed E-state index contributed by atoms with van der Waals surface area (Å²) in [4.78, 5) is 57.7. The molecule has 0 rings (SSSR count). The molecule has 4 atom stereocenters. The number of nitrogens with two attached hydrogens (primary N) is 2. The number of aliphatic carboxylic acids is 1. The van der Waals surface area contributed by atoms with Gasteiger partial charge >= 0.3 is 5.97 Å². The van der Waals surface area contributed by atoms with Crippen LogP contribution in [0.3, 0.4) is 0 Å². The molecule has 148 valence electrons. The molecule has 0 aromatic carbocycles. The Balaban J connectivity index is 4.90. The number of rotatable bonds is 13. The topological polar surface area (TPSA) is 210 Å². The lowest BCUT2D eigenvalue weighted by Crippen LogP contribution is -2.44. The number of nitrogens with one attached hydrogen (secondary N) is 1. The third-order valence-electron chi connectivity index (χ3n) is 3.69. The molecule has 0 fully saturated rings. The number of carbonyl (C=O) groups is 5. The lowest BCUT2D eigenvalue weighted by atomic mass is 9.90. The molecule has 0 bridgehead atoms. The summed E-state index contributed by atoms with van der Waals surface area (Å²) in [6.07, 6.45) is -2.77.